The van der Waals surface area contributed by atoms with Gasteiger partial charge in [0.25, 0.3) is 0 Å². The SMILES string of the molecule is COC(=O)C(C)CCCC(=O)Cn1ccnc1C. The molecule has 0 saturated carbocycles. The van der Waals surface area contributed by atoms with E-state index in [1.54, 1.807) is 12.4 Å². The van der Waals surface area contributed by atoms with Gasteiger partial charge in [-0.2, -0.15) is 0 Å². The molecule has 100 valence electrons. The number of ether oxygens (including phenoxy) is 1. The summed E-state index contributed by atoms with van der Waals surface area (Å²) in [7, 11) is 1.38. The topological polar surface area (TPSA) is 61.2 Å². The number of rotatable bonds is 7. The summed E-state index contributed by atoms with van der Waals surface area (Å²) in [6, 6.07) is 0. The zero-order valence-corrected chi connectivity index (χ0v) is 11.2. The van der Waals surface area contributed by atoms with Crippen molar-refractivity contribution in [3.8, 4) is 0 Å². The molecule has 1 aromatic heterocycles. The fourth-order valence-electron chi connectivity index (χ4n) is 1.76. The Morgan fingerprint density at radius 3 is 2.78 bits per heavy atom. The number of aryl methyl sites for hydroxylation is 1. The molecule has 0 N–H and O–H groups in total. The summed E-state index contributed by atoms with van der Waals surface area (Å²) in [5.74, 6) is 0.644. The van der Waals surface area contributed by atoms with E-state index in [9.17, 15) is 9.59 Å². The van der Waals surface area contributed by atoms with Crippen molar-refractivity contribution in [1.82, 2.24) is 9.55 Å². The van der Waals surface area contributed by atoms with Crippen molar-refractivity contribution in [2.45, 2.75) is 39.7 Å². The third-order valence-electron chi connectivity index (χ3n) is 2.97. The van der Waals surface area contributed by atoms with Crippen LogP contribution in [0.4, 0.5) is 0 Å². The van der Waals surface area contributed by atoms with Crippen molar-refractivity contribution in [2.75, 3.05) is 7.11 Å². The number of carbonyl (C=O) groups excluding carboxylic acids is 2. The molecule has 0 aliphatic carbocycles. The van der Waals surface area contributed by atoms with Gasteiger partial charge in [0, 0.05) is 18.8 Å². The zero-order valence-electron chi connectivity index (χ0n) is 11.2. The third-order valence-corrected chi connectivity index (χ3v) is 2.97. The minimum Gasteiger partial charge on any atom is -0.469 e. The Hall–Kier alpha value is -1.65. The number of hydrogen-bond acceptors (Lipinski definition) is 4. The highest BCUT2D eigenvalue weighted by molar-refractivity contribution is 5.78. The van der Waals surface area contributed by atoms with Crippen LogP contribution in [0.2, 0.25) is 0 Å². The van der Waals surface area contributed by atoms with Crippen molar-refractivity contribution in [2.24, 2.45) is 5.92 Å². The summed E-state index contributed by atoms with van der Waals surface area (Å²) in [5.41, 5.74) is 0. The molecule has 0 fully saturated rings. The average molecular weight is 252 g/mol. The first-order valence-corrected chi connectivity index (χ1v) is 6.12. The van der Waals surface area contributed by atoms with Gasteiger partial charge in [0.15, 0.2) is 5.78 Å². The Kier molecular flexibility index (Phi) is 5.55. The van der Waals surface area contributed by atoms with E-state index in [0.29, 0.717) is 25.8 Å². The average Bonchev–Trinajstić information content (AvgIpc) is 2.73. The Morgan fingerprint density at radius 1 is 1.50 bits per heavy atom. The van der Waals surface area contributed by atoms with Crippen LogP contribution in [0.25, 0.3) is 0 Å². The molecule has 1 unspecified atom stereocenters. The van der Waals surface area contributed by atoms with Gasteiger partial charge in [0.2, 0.25) is 0 Å². The number of ketones is 1. The lowest BCUT2D eigenvalue weighted by molar-refractivity contribution is -0.145. The van der Waals surface area contributed by atoms with Crippen molar-refractivity contribution in [3.63, 3.8) is 0 Å². The lowest BCUT2D eigenvalue weighted by atomic mass is 10.0. The van der Waals surface area contributed by atoms with Crippen LogP contribution in [0.5, 0.6) is 0 Å². The summed E-state index contributed by atoms with van der Waals surface area (Å²) in [6.45, 7) is 4.04. The Labute approximate surface area is 107 Å². The van der Waals surface area contributed by atoms with E-state index in [0.717, 1.165) is 5.82 Å². The number of hydrogen-bond donors (Lipinski definition) is 0. The molecule has 5 heteroatoms. The van der Waals surface area contributed by atoms with Crippen molar-refractivity contribution in [3.05, 3.63) is 18.2 Å². The van der Waals surface area contributed by atoms with Crippen LogP contribution in [0.3, 0.4) is 0 Å². The molecular weight excluding hydrogens is 232 g/mol. The molecule has 1 rings (SSSR count). The normalized spacial score (nSPS) is 12.2. The fraction of sp³-hybridized carbons (Fsp3) is 0.615. The first-order chi connectivity index (χ1) is 8.54. The third kappa shape index (κ3) is 4.31. The molecule has 0 radical (unpaired) electrons. The maximum atomic E-state index is 11.7. The van der Waals surface area contributed by atoms with Gasteiger partial charge in [0.05, 0.1) is 19.6 Å². The van der Waals surface area contributed by atoms with Crippen molar-refractivity contribution in [1.29, 1.82) is 0 Å². The first-order valence-electron chi connectivity index (χ1n) is 6.12. The highest BCUT2D eigenvalue weighted by Gasteiger charge is 2.13. The minimum absolute atomic E-state index is 0.141. The van der Waals surface area contributed by atoms with Gasteiger partial charge >= 0.3 is 5.97 Å². The lowest BCUT2D eigenvalue weighted by Crippen LogP contribution is -2.14. The smallest absolute Gasteiger partial charge is 0.308 e. The largest absolute Gasteiger partial charge is 0.469 e. The zero-order chi connectivity index (χ0) is 13.5. The number of aromatic nitrogens is 2. The van der Waals surface area contributed by atoms with Crippen molar-refractivity contribution >= 4 is 11.8 Å². The summed E-state index contributed by atoms with van der Waals surface area (Å²) in [5, 5.41) is 0. The van der Waals surface area contributed by atoms with Gasteiger partial charge < -0.3 is 9.30 Å². The van der Waals surface area contributed by atoms with E-state index >= 15 is 0 Å². The van der Waals surface area contributed by atoms with Crippen molar-refractivity contribution < 1.29 is 14.3 Å². The molecular formula is C13H20N2O3. The summed E-state index contributed by atoms with van der Waals surface area (Å²) < 4.78 is 6.46. The fourth-order valence-corrected chi connectivity index (χ4v) is 1.76. The van der Waals surface area contributed by atoms with Crippen LogP contribution in [-0.4, -0.2) is 28.4 Å². The quantitative estimate of drug-likeness (QED) is 0.693. The van der Waals surface area contributed by atoms with E-state index in [-0.39, 0.29) is 17.7 Å². The Balaban J connectivity index is 2.26. The summed E-state index contributed by atoms with van der Waals surface area (Å²) >= 11 is 0. The molecule has 0 amide bonds. The van der Waals surface area contributed by atoms with Crippen LogP contribution in [0.1, 0.15) is 32.0 Å². The van der Waals surface area contributed by atoms with Crippen LogP contribution < -0.4 is 0 Å². The standard InChI is InChI=1S/C13H20N2O3/c1-10(13(17)18-3)5-4-6-12(16)9-15-8-7-14-11(15)2/h7-8,10H,4-6,9H2,1-3H3. The van der Waals surface area contributed by atoms with E-state index in [1.807, 2.05) is 18.4 Å². The summed E-state index contributed by atoms with van der Waals surface area (Å²) in [6.07, 6.45) is 5.36. The molecule has 0 spiro atoms. The second-order valence-electron chi connectivity index (χ2n) is 4.46. The Morgan fingerprint density at radius 2 is 2.22 bits per heavy atom. The highest BCUT2D eigenvalue weighted by Crippen LogP contribution is 2.10. The number of Topliss-reactive ketones (excluding diaryl/α,β-unsaturated/α-hetero) is 1. The predicted octanol–water partition coefficient (Wildman–Crippen LogP) is 1.74. The van der Waals surface area contributed by atoms with Gasteiger partial charge in [-0.1, -0.05) is 6.92 Å². The number of methoxy groups -OCH3 is 1. The molecule has 1 atom stereocenters. The lowest BCUT2D eigenvalue weighted by Gasteiger charge is -2.08. The Bertz CT molecular complexity index is 412. The number of carbonyl (C=O) groups is 2. The molecule has 18 heavy (non-hydrogen) atoms. The van der Waals surface area contributed by atoms with Gasteiger partial charge in [-0.3, -0.25) is 9.59 Å². The number of nitrogens with zero attached hydrogens (tertiary/aromatic N) is 2. The van der Waals surface area contributed by atoms with E-state index in [2.05, 4.69) is 9.72 Å². The summed E-state index contributed by atoms with van der Waals surface area (Å²) in [4.78, 5) is 26.9. The van der Waals surface area contributed by atoms with Crippen LogP contribution in [-0.2, 0) is 20.9 Å². The molecule has 0 aromatic carbocycles. The monoisotopic (exact) mass is 252 g/mol. The van der Waals surface area contributed by atoms with Crippen LogP contribution >= 0.6 is 0 Å². The highest BCUT2D eigenvalue weighted by atomic mass is 16.5. The van der Waals surface area contributed by atoms with E-state index in [4.69, 9.17) is 0 Å². The number of esters is 1. The first kappa shape index (κ1) is 14.4. The molecule has 0 aliphatic rings. The second-order valence-corrected chi connectivity index (χ2v) is 4.46. The maximum absolute atomic E-state index is 11.7. The van der Waals surface area contributed by atoms with Gasteiger partial charge in [0.1, 0.15) is 5.82 Å². The van der Waals surface area contributed by atoms with Gasteiger partial charge in [-0.05, 0) is 19.8 Å². The predicted molar refractivity (Wildman–Crippen MR) is 67.0 cm³/mol. The van der Waals surface area contributed by atoms with E-state index < -0.39 is 0 Å². The van der Waals surface area contributed by atoms with Gasteiger partial charge in [-0.25, -0.2) is 4.98 Å². The molecule has 5 nitrogen and oxygen atoms in total. The molecule has 0 aliphatic heterocycles. The molecule has 0 bridgehead atoms. The maximum Gasteiger partial charge on any atom is 0.308 e. The second kappa shape index (κ2) is 6.93. The van der Waals surface area contributed by atoms with Crippen LogP contribution in [0, 0.1) is 12.8 Å². The minimum atomic E-state index is -0.215. The van der Waals surface area contributed by atoms with E-state index in [1.165, 1.54) is 7.11 Å². The molecule has 0 saturated heterocycles. The molecule has 1 heterocycles. The van der Waals surface area contributed by atoms with Gasteiger partial charge in [-0.15, -0.1) is 0 Å². The molecule has 1 aromatic rings. The van der Waals surface area contributed by atoms with Crippen LogP contribution in [0.15, 0.2) is 12.4 Å². The number of imidazole rings is 1.